The van der Waals surface area contributed by atoms with Crippen molar-refractivity contribution in [3.63, 3.8) is 0 Å². The Balaban J connectivity index is 1.63. The van der Waals surface area contributed by atoms with Crippen LogP contribution in [-0.2, 0) is 0 Å². The van der Waals surface area contributed by atoms with Crippen LogP contribution in [0.25, 0.3) is 0 Å². The van der Waals surface area contributed by atoms with Gasteiger partial charge in [-0.05, 0) is 38.0 Å². The van der Waals surface area contributed by atoms with Gasteiger partial charge in [-0.25, -0.2) is 0 Å². The molecule has 3 aliphatic rings. The third kappa shape index (κ3) is 2.73. The Kier molecular flexibility index (Phi) is 3.91. The summed E-state index contributed by atoms with van der Waals surface area (Å²) in [4.78, 5) is 5.09. The van der Waals surface area contributed by atoms with E-state index in [1.165, 1.54) is 70.0 Å². The van der Waals surface area contributed by atoms with Gasteiger partial charge in [-0.2, -0.15) is 0 Å². The van der Waals surface area contributed by atoms with Crippen molar-refractivity contribution in [1.29, 1.82) is 0 Å². The van der Waals surface area contributed by atoms with Crippen LogP contribution in [0, 0.1) is 11.8 Å². The molecule has 1 aliphatic heterocycles. The summed E-state index contributed by atoms with van der Waals surface area (Å²) in [6.07, 6.45) is 14.1. The number of nitrogens with one attached hydrogen (secondary N) is 1. The van der Waals surface area contributed by atoms with Crippen molar-refractivity contribution in [2.45, 2.75) is 83.2 Å². The first-order valence-corrected chi connectivity index (χ1v) is 8.16. The summed E-state index contributed by atoms with van der Waals surface area (Å²) in [6.45, 7) is 2.27. The fourth-order valence-corrected chi connectivity index (χ4v) is 4.33. The van der Waals surface area contributed by atoms with Gasteiger partial charge < -0.3 is 5.32 Å². The van der Waals surface area contributed by atoms with E-state index in [2.05, 4.69) is 12.2 Å². The molecule has 0 aromatic rings. The maximum atomic E-state index is 5.09. The monoisotopic (exact) mass is 248 g/mol. The zero-order valence-electron chi connectivity index (χ0n) is 11.8. The summed E-state index contributed by atoms with van der Waals surface area (Å²) in [6, 6.07) is 1.30. The Bertz CT molecular complexity index is 304. The van der Waals surface area contributed by atoms with Gasteiger partial charge >= 0.3 is 0 Å². The molecule has 18 heavy (non-hydrogen) atoms. The van der Waals surface area contributed by atoms with Crippen molar-refractivity contribution < 1.29 is 0 Å². The van der Waals surface area contributed by atoms with Gasteiger partial charge in [-0.15, -0.1) is 0 Å². The molecule has 0 radical (unpaired) electrons. The molecule has 3 unspecified atom stereocenters. The zero-order chi connectivity index (χ0) is 12.4. The zero-order valence-corrected chi connectivity index (χ0v) is 11.8. The summed E-state index contributed by atoms with van der Waals surface area (Å²) >= 11 is 0. The molecule has 102 valence electrons. The van der Waals surface area contributed by atoms with E-state index in [9.17, 15) is 0 Å². The van der Waals surface area contributed by atoms with Crippen LogP contribution < -0.4 is 5.32 Å². The van der Waals surface area contributed by atoms with E-state index in [1.54, 1.807) is 0 Å². The Hall–Kier alpha value is -0.530. The summed E-state index contributed by atoms with van der Waals surface area (Å²) in [5.41, 5.74) is 0. The number of hydrogen-bond acceptors (Lipinski definition) is 1. The largest absolute Gasteiger partial charge is 0.371 e. The lowest BCUT2D eigenvalue weighted by Crippen LogP contribution is -2.28. The summed E-state index contributed by atoms with van der Waals surface area (Å²) < 4.78 is 0. The second-order valence-corrected chi connectivity index (χ2v) is 6.72. The Labute approximate surface area is 112 Å². The molecule has 1 N–H and O–H groups in total. The summed E-state index contributed by atoms with van der Waals surface area (Å²) in [5, 5.41) is 3.55. The summed E-state index contributed by atoms with van der Waals surface area (Å²) in [5.74, 6) is 3.22. The topological polar surface area (TPSA) is 24.4 Å². The van der Waals surface area contributed by atoms with Gasteiger partial charge in [0.2, 0.25) is 0 Å². The smallest absolute Gasteiger partial charge is 0.0969 e. The van der Waals surface area contributed by atoms with Crippen LogP contribution in [0.4, 0.5) is 0 Å². The van der Waals surface area contributed by atoms with Crippen LogP contribution in [0.2, 0.25) is 0 Å². The van der Waals surface area contributed by atoms with Crippen LogP contribution in [0.1, 0.15) is 71.1 Å². The molecular formula is C16H28N2. The second-order valence-electron chi connectivity index (χ2n) is 6.72. The number of hydrogen-bond donors (Lipinski definition) is 1. The Morgan fingerprint density at radius 3 is 2.50 bits per heavy atom. The molecule has 0 aromatic carbocycles. The van der Waals surface area contributed by atoms with Crippen LogP contribution in [0.15, 0.2) is 4.99 Å². The van der Waals surface area contributed by atoms with Gasteiger partial charge in [-0.1, -0.05) is 38.5 Å². The summed E-state index contributed by atoms with van der Waals surface area (Å²) in [7, 11) is 0. The first-order valence-electron chi connectivity index (χ1n) is 8.16. The molecule has 2 saturated carbocycles. The number of amidine groups is 1. The van der Waals surface area contributed by atoms with Crippen molar-refractivity contribution >= 4 is 5.84 Å². The van der Waals surface area contributed by atoms with Crippen molar-refractivity contribution in [3.8, 4) is 0 Å². The van der Waals surface area contributed by atoms with Gasteiger partial charge in [0.1, 0.15) is 0 Å². The standard InChI is InChI=1S/C16H28N2/c1-12-10-11-16(17-12)18-15-9-5-8-14(15)13-6-3-2-4-7-13/h12-15H,2-11H2,1H3,(H,17,18). The molecule has 0 spiro atoms. The Morgan fingerprint density at radius 2 is 1.78 bits per heavy atom. The molecule has 1 saturated heterocycles. The van der Waals surface area contributed by atoms with Crippen molar-refractivity contribution in [2.75, 3.05) is 0 Å². The first kappa shape index (κ1) is 12.5. The van der Waals surface area contributed by atoms with Crippen LogP contribution in [0.3, 0.4) is 0 Å². The normalized spacial score (nSPS) is 40.3. The van der Waals surface area contributed by atoms with Crippen molar-refractivity contribution in [1.82, 2.24) is 5.32 Å². The van der Waals surface area contributed by atoms with E-state index < -0.39 is 0 Å². The van der Waals surface area contributed by atoms with Gasteiger partial charge in [0.05, 0.1) is 11.9 Å². The average Bonchev–Trinajstić information content (AvgIpc) is 3.00. The van der Waals surface area contributed by atoms with Gasteiger partial charge in [0.15, 0.2) is 0 Å². The van der Waals surface area contributed by atoms with Crippen molar-refractivity contribution in [3.05, 3.63) is 0 Å². The minimum absolute atomic E-state index is 0.651. The number of aliphatic imine (C=N–C) groups is 1. The third-order valence-electron chi connectivity index (χ3n) is 5.34. The highest BCUT2D eigenvalue weighted by molar-refractivity contribution is 5.84. The molecular weight excluding hydrogens is 220 g/mol. The van der Waals surface area contributed by atoms with Crippen molar-refractivity contribution in [2.24, 2.45) is 16.8 Å². The molecule has 0 bridgehead atoms. The number of nitrogens with zero attached hydrogens (tertiary/aromatic N) is 1. The second kappa shape index (κ2) is 5.63. The average molecular weight is 248 g/mol. The number of rotatable bonds is 2. The molecule has 0 amide bonds. The van der Waals surface area contributed by atoms with E-state index in [4.69, 9.17) is 4.99 Å². The minimum Gasteiger partial charge on any atom is -0.371 e. The highest BCUT2D eigenvalue weighted by Crippen LogP contribution is 2.41. The van der Waals surface area contributed by atoms with E-state index in [1.807, 2.05) is 0 Å². The maximum Gasteiger partial charge on any atom is 0.0969 e. The third-order valence-corrected chi connectivity index (χ3v) is 5.34. The van der Waals surface area contributed by atoms with E-state index in [0.717, 1.165) is 11.8 Å². The van der Waals surface area contributed by atoms with Crippen LogP contribution in [0.5, 0.6) is 0 Å². The van der Waals surface area contributed by atoms with Crippen LogP contribution in [-0.4, -0.2) is 17.9 Å². The SMILES string of the molecule is CC1CCC(=NC2CCCC2C2CCCCC2)N1. The highest BCUT2D eigenvalue weighted by Gasteiger charge is 2.34. The van der Waals surface area contributed by atoms with E-state index in [-0.39, 0.29) is 0 Å². The lowest BCUT2D eigenvalue weighted by atomic mass is 9.78. The predicted molar refractivity (Wildman–Crippen MR) is 77.0 cm³/mol. The van der Waals surface area contributed by atoms with E-state index in [0.29, 0.717) is 12.1 Å². The van der Waals surface area contributed by atoms with Gasteiger partial charge in [0.25, 0.3) is 0 Å². The predicted octanol–water partition coefficient (Wildman–Crippen LogP) is 3.91. The van der Waals surface area contributed by atoms with Gasteiger partial charge in [0, 0.05) is 12.5 Å². The fourth-order valence-electron chi connectivity index (χ4n) is 4.33. The molecule has 2 nitrogen and oxygen atoms in total. The lowest BCUT2D eigenvalue weighted by Gasteiger charge is -2.30. The molecule has 3 fully saturated rings. The molecule has 1 heterocycles. The fraction of sp³-hybridized carbons (Fsp3) is 0.938. The molecule has 2 aliphatic carbocycles. The van der Waals surface area contributed by atoms with Gasteiger partial charge in [-0.3, -0.25) is 4.99 Å². The first-order chi connectivity index (χ1) is 8.83. The lowest BCUT2D eigenvalue weighted by molar-refractivity contribution is 0.235. The quantitative estimate of drug-likeness (QED) is 0.787. The Morgan fingerprint density at radius 1 is 0.944 bits per heavy atom. The molecule has 3 rings (SSSR count). The maximum absolute atomic E-state index is 5.09. The highest BCUT2D eigenvalue weighted by atomic mass is 15.1. The minimum atomic E-state index is 0.651. The molecule has 2 heteroatoms. The van der Waals surface area contributed by atoms with E-state index >= 15 is 0 Å². The van der Waals surface area contributed by atoms with Crippen LogP contribution >= 0.6 is 0 Å². The molecule has 3 atom stereocenters. The molecule has 0 aromatic heterocycles.